The second-order valence-corrected chi connectivity index (χ2v) is 10.4. The molecule has 0 amide bonds. The maximum absolute atomic E-state index is 11.6. The quantitative estimate of drug-likeness (QED) is 0.564. The van der Waals surface area contributed by atoms with Crippen molar-refractivity contribution in [2.75, 3.05) is 6.61 Å². The molecule has 1 saturated heterocycles. The Morgan fingerprint density at radius 3 is 2.36 bits per heavy atom. The molecule has 1 aliphatic rings. The smallest absolute Gasteiger partial charge is 0.326 e. The summed E-state index contributed by atoms with van der Waals surface area (Å²) in [5.74, 6) is -0.204. The van der Waals surface area contributed by atoms with E-state index in [1.807, 2.05) is 6.92 Å². The monoisotopic (exact) mass is 215 g/mol. The molecule has 1 fully saturated rings. The third kappa shape index (κ3) is 2.57. The first kappa shape index (κ1) is 11.7. The van der Waals surface area contributed by atoms with E-state index in [1.165, 1.54) is 0 Å². The summed E-state index contributed by atoms with van der Waals surface area (Å²) < 4.78 is 5.00. The van der Waals surface area contributed by atoms with Crippen LogP contribution in [-0.4, -0.2) is 26.2 Å². The van der Waals surface area contributed by atoms with Gasteiger partial charge in [0.25, 0.3) is 0 Å². The van der Waals surface area contributed by atoms with E-state index >= 15 is 0 Å². The topological polar surface area (TPSA) is 52.3 Å². The minimum absolute atomic E-state index is 0.204. The van der Waals surface area contributed by atoms with Gasteiger partial charge >= 0.3 is 5.97 Å². The van der Waals surface area contributed by atoms with Crippen molar-refractivity contribution in [2.45, 2.75) is 50.5 Å². The van der Waals surface area contributed by atoms with Gasteiger partial charge in [0, 0.05) is 8.07 Å². The summed E-state index contributed by atoms with van der Waals surface area (Å²) in [5, 5.41) is 0. The molecule has 1 heterocycles. The van der Waals surface area contributed by atoms with E-state index in [1.54, 1.807) is 0 Å². The summed E-state index contributed by atoms with van der Waals surface area (Å²) >= 11 is 0. The standard InChI is InChI=1S/C10H21NO2Si/c1-4-13-9(12)10(11)5-7-14(2,3)8-6-10/h4-8,11H2,1-3H3. The molecule has 0 aliphatic carbocycles. The van der Waals surface area contributed by atoms with E-state index < -0.39 is 13.6 Å². The normalized spacial score (nSPS) is 24.3. The zero-order valence-corrected chi connectivity index (χ0v) is 10.4. The Kier molecular flexibility index (Phi) is 3.37. The molecule has 0 atom stereocenters. The van der Waals surface area contributed by atoms with Gasteiger partial charge in [0.1, 0.15) is 5.54 Å². The van der Waals surface area contributed by atoms with Crippen molar-refractivity contribution < 1.29 is 9.53 Å². The SMILES string of the molecule is CCOC(=O)C1(N)CC[Si](C)(C)CC1. The highest BCUT2D eigenvalue weighted by Gasteiger charge is 2.42. The number of carbonyl (C=O) groups is 1. The molecule has 3 nitrogen and oxygen atoms in total. The van der Waals surface area contributed by atoms with Crippen molar-refractivity contribution in [1.82, 2.24) is 0 Å². The number of hydrogen-bond donors (Lipinski definition) is 1. The molecule has 2 N–H and O–H groups in total. The number of ether oxygens (including phenoxy) is 1. The molecule has 1 aliphatic heterocycles. The van der Waals surface area contributed by atoms with E-state index in [0.717, 1.165) is 24.9 Å². The lowest BCUT2D eigenvalue weighted by Crippen LogP contribution is -2.54. The lowest BCUT2D eigenvalue weighted by atomic mass is 9.94. The maximum Gasteiger partial charge on any atom is 0.326 e. The molecule has 0 bridgehead atoms. The maximum atomic E-state index is 11.6. The molecule has 82 valence electrons. The summed E-state index contributed by atoms with van der Waals surface area (Å²) in [6, 6.07) is 2.28. The van der Waals surface area contributed by atoms with Crippen LogP contribution in [0.1, 0.15) is 19.8 Å². The van der Waals surface area contributed by atoms with Crippen LogP contribution in [0.5, 0.6) is 0 Å². The van der Waals surface area contributed by atoms with Gasteiger partial charge < -0.3 is 10.5 Å². The van der Waals surface area contributed by atoms with Gasteiger partial charge in [0.05, 0.1) is 6.61 Å². The zero-order valence-electron chi connectivity index (χ0n) is 9.43. The van der Waals surface area contributed by atoms with Gasteiger partial charge in [-0.15, -0.1) is 0 Å². The van der Waals surface area contributed by atoms with Crippen LogP contribution < -0.4 is 5.73 Å². The molecule has 0 unspecified atom stereocenters. The van der Waals surface area contributed by atoms with E-state index in [-0.39, 0.29) is 5.97 Å². The molecule has 0 aromatic rings. The summed E-state index contributed by atoms with van der Waals surface area (Å²) in [5.41, 5.74) is 5.38. The molecule has 0 spiro atoms. The van der Waals surface area contributed by atoms with Gasteiger partial charge in [-0.25, -0.2) is 0 Å². The average molecular weight is 215 g/mol. The average Bonchev–Trinajstić information content (AvgIpc) is 2.11. The molecular formula is C10H21NO2Si. The second-order valence-electron chi connectivity index (χ2n) is 5.04. The Morgan fingerprint density at radius 1 is 1.43 bits per heavy atom. The van der Waals surface area contributed by atoms with E-state index in [9.17, 15) is 4.79 Å². The lowest BCUT2D eigenvalue weighted by Gasteiger charge is -2.38. The molecule has 0 saturated carbocycles. The lowest BCUT2D eigenvalue weighted by molar-refractivity contribution is -0.150. The summed E-state index contributed by atoms with van der Waals surface area (Å²) in [6.07, 6.45) is 1.62. The van der Waals surface area contributed by atoms with Crippen molar-refractivity contribution in [2.24, 2.45) is 5.73 Å². The second kappa shape index (κ2) is 4.02. The van der Waals surface area contributed by atoms with Crippen LogP contribution in [0.25, 0.3) is 0 Å². The Labute approximate surface area is 87.0 Å². The van der Waals surface area contributed by atoms with Gasteiger partial charge in [0.2, 0.25) is 0 Å². The largest absolute Gasteiger partial charge is 0.465 e. The highest BCUT2D eigenvalue weighted by atomic mass is 28.3. The number of esters is 1. The first-order valence-electron chi connectivity index (χ1n) is 5.36. The fraction of sp³-hybridized carbons (Fsp3) is 0.900. The third-order valence-electron chi connectivity index (χ3n) is 3.18. The number of carbonyl (C=O) groups excluding carboxylic acids is 1. The zero-order chi connectivity index (χ0) is 10.8. The van der Waals surface area contributed by atoms with Gasteiger partial charge in [-0.2, -0.15) is 0 Å². The third-order valence-corrected chi connectivity index (χ3v) is 6.38. The van der Waals surface area contributed by atoms with Gasteiger partial charge in [-0.3, -0.25) is 4.79 Å². The molecule has 1 rings (SSSR count). The number of nitrogens with two attached hydrogens (primary N) is 1. The summed E-state index contributed by atoms with van der Waals surface area (Å²) in [6.45, 7) is 6.97. The van der Waals surface area contributed by atoms with E-state index in [4.69, 9.17) is 10.5 Å². The van der Waals surface area contributed by atoms with Crippen molar-refractivity contribution in [3.05, 3.63) is 0 Å². The van der Waals surface area contributed by atoms with E-state index in [0.29, 0.717) is 6.61 Å². The van der Waals surface area contributed by atoms with Crippen molar-refractivity contribution in [1.29, 1.82) is 0 Å². The first-order valence-corrected chi connectivity index (χ1v) is 8.77. The number of hydrogen-bond acceptors (Lipinski definition) is 3. The van der Waals surface area contributed by atoms with Crippen LogP contribution in [-0.2, 0) is 9.53 Å². The fourth-order valence-electron chi connectivity index (χ4n) is 1.85. The van der Waals surface area contributed by atoms with Crippen LogP contribution in [0.3, 0.4) is 0 Å². The van der Waals surface area contributed by atoms with Crippen molar-refractivity contribution in [3.63, 3.8) is 0 Å². The highest BCUT2D eigenvalue weighted by Crippen LogP contribution is 2.34. The Balaban J connectivity index is 2.57. The van der Waals surface area contributed by atoms with Gasteiger partial charge in [-0.1, -0.05) is 25.2 Å². The first-order chi connectivity index (χ1) is 6.40. The van der Waals surface area contributed by atoms with Crippen LogP contribution in [0, 0.1) is 0 Å². The Hall–Kier alpha value is -0.353. The summed E-state index contributed by atoms with van der Waals surface area (Å²) in [4.78, 5) is 11.6. The molecule has 0 radical (unpaired) electrons. The Morgan fingerprint density at radius 2 is 1.93 bits per heavy atom. The van der Waals surface area contributed by atoms with Crippen molar-refractivity contribution >= 4 is 14.0 Å². The Bertz CT molecular complexity index is 218. The van der Waals surface area contributed by atoms with Gasteiger partial charge in [0.15, 0.2) is 0 Å². The molecular weight excluding hydrogens is 194 g/mol. The predicted molar refractivity (Wildman–Crippen MR) is 59.9 cm³/mol. The van der Waals surface area contributed by atoms with Gasteiger partial charge in [-0.05, 0) is 19.8 Å². The molecule has 0 aromatic carbocycles. The summed E-state index contributed by atoms with van der Waals surface area (Å²) in [7, 11) is -1.04. The van der Waals surface area contributed by atoms with Crippen LogP contribution in [0.15, 0.2) is 0 Å². The van der Waals surface area contributed by atoms with Crippen molar-refractivity contribution in [3.8, 4) is 0 Å². The minimum atomic E-state index is -1.04. The minimum Gasteiger partial charge on any atom is -0.465 e. The number of rotatable bonds is 2. The molecule has 0 aromatic heterocycles. The van der Waals surface area contributed by atoms with Crippen LogP contribution in [0.2, 0.25) is 25.2 Å². The molecule has 4 heteroatoms. The molecule has 14 heavy (non-hydrogen) atoms. The predicted octanol–water partition coefficient (Wildman–Crippen LogP) is 1.75. The van der Waals surface area contributed by atoms with Crippen LogP contribution in [0.4, 0.5) is 0 Å². The van der Waals surface area contributed by atoms with E-state index in [2.05, 4.69) is 13.1 Å². The highest BCUT2D eigenvalue weighted by molar-refractivity contribution is 6.77. The fourth-order valence-corrected chi connectivity index (χ4v) is 4.35. The van der Waals surface area contributed by atoms with Crippen LogP contribution >= 0.6 is 0 Å².